The van der Waals surface area contributed by atoms with Gasteiger partial charge in [0.2, 0.25) is 5.90 Å². The van der Waals surface area contributed by atoms with E-state index in [9.17, 15) is 18.0 Å². The molecule has 1 aliphatic heterocycles. The van der Waals surface area contributed by atoms with E-state index in [1.165, 1.54) is 12.1 Å². The van der Waals surface area contributed by atoms with Crippen molar-refractivity contribution in [3.8, 4) is 0 Å². The van der Waals surface area contributed by atoms with Crippen molar-refractivity contribution in [2.45, 2.75) is 6.18 Å². The molecule has 0 atom stereocenters. The SMILES string of the molecule is O=C(Nc1ccc(C2=NCCO2)cc1)Nc1cccc(C(F)(F)F)c1. The highest BCUT2D eigenvalue weighted by Crippen LogP contribution is 2.30. The fourth-order valence-electron chi connectivity index (χ4n) is 2.27. The highest BCUT2D eigenvalue weighted by Gasteiger charge is 2.30. The molecule has 2 aromatic rings. The van der Waals surface area contributed by atoms with Crippen LogP contribution in [0, 0.1) is 0 Å². The third kappa shape index (κ3) is 4.28. The molecular weight excluding hydrogens is 335 g/mol. The number of anilines is 2. The van der Waals surface area contributed by atoms with Crippen molar-refractivity contribution in [3.05, 3.63) is 59.7 Å². The van der Waals surface area contributed by atoms with Crippen LogP contribution in [0.4, 0.5) is 29.3 Å². The van der Waals surface area contributed by atoms with E-state index >= 15 is 0 Å². The van der Waals surface area contributed by atoms with Crippen LogP contribution in [0.25, 0.3) is 0 Å². The lowest BCUT2D eigenvalue weighted by Gasteiger charge is -2.11. The van der Waals surface area contributed by atoms with Crippen LogP contribution in [0.2, 0.25) is 0 Å². The number of alkyl halides is 3. The molecular formula is C17H14F3N3O2. The molecule has 25 heavy (non-hydrogen) atoms. The second-order valence-corrected chi connectivity index (χ2v) is 5.27. The maximum absolute atomic E-state index is 12.7. The number of ether oxygens (including phenoxy) is 1. The van der Waals surface area contributed by atoms with Crippen molar-refractivity contribution < 1.29 is 22.7 Å². The number of rotatable bonds is 3. The monoisotopic (exact) mass is 349 g/mol. The lowest BCUT2D eigenvalue weighted by atomic mass is 10.2. The van der Waals surface area contributed by atoms with Crippen LogP contribution in [0.1, 0.15) is 11.1 Å². The van der Waals surface area contributed by atoms with E-state index in [0.29, 0.717) is 24.7 Å². The topological polar surface area (TPSA) is 62.7 Å². The van der Waals surface area contributed by atoms with Gasteiger partial charge in [-0.2, -0.15) is 13.2 Å². The standard InChI is InChI=1S/C17H14F3N3O2/c18-17(19,20)12-2-1-3-14(10-12)23-16(24)22-13-6-4-11(5-7-13)15-21-8-9-25-15/h1-7,10H,8-9H2,(H2,22,23,24). The molecule has 0 fully saturated rings. The van der Waals surface area contributed by atoms with E-state index in [0.717, 1.165) is 17.7 Å². The molecule has 1 heterocycles. The van der Waals surface area contributed by atoms with Crippen molar-refractivity contribution in [2.75, 3.05) is 23.8 Å². The average molecular weight is 349 g/mol. The van der Waals surface area contributed by atoms with Gasteiger partial charge in [0.05, 0.1) is 12.1 Å². The Hall–Kier alpha value is -3.03. The van der Waals surface area contributed by atoms with E-state index in [1.807, 2.05) is 0 Å². The third-order valence-corrected chi connectivity index (χ3v) is 3.42. The van der Waals surface area contributed by atoms with Gasteiger partial charge in [-0.15, -0.1) is 0 Å². The number of hydrogen-bond donors (Lipinski definition) is 2. The Labute approximate surface area is 141 Å². The number of nitrogens with zero attached hydrogens (tertiary/aromatic N) is 1. The minimum atomic E-state index is -4.46. The predicted octanol–water partition coefficient (Wildman–Crippen LogP) is 4.13. The first-order valence-corrected chi connectivity index (χ1v) is 7.45. The summed E-state index contributed by atoms with van der Waals surface area (Å²) in [5.74, 6) is 0.556. The summed E-state index contributed by atoms with van der Waals surface area (Å²) in [5, 5.41) is 4.93. The number of amides is 2. The second-order valence-electron chi connectivity index (χ2n) is 5.27. The number of nitrogens with one attached hydrogen (secondary N) is 2. The van der Waals surface area contributed by atoms with Crippen molar-refractivity contribution in [3.63, 3.8) is 0 Å². The molecule has 0 unspecified atom stereocenters. The summed E-state index contributed by atoms with van der Waals surface area (Å²) in [4.78, 5) is 16.1. The lowest BCUT2D eigenvalue weighted by Crippen LogP contribution is -2.19. The van der Waals surface area contributed by atoms with Crippen molar-refractivity contribution in [1.29, 1.82) is 0 Å². The number of aliphatic imine (C=N–C) groups is 1. The van der Waals surface area contributed by atoms with Gasteiger partial charge >= 0.3 is 12.2 Å². The third-order valence-electron chi connectivity index (χ3n) is 3.42. The largest absolute Gasteiger partial charge is 0.476 e. The summed E-state index contributed by atoms with van der Waals surface area (Å²) >= 11 is 0. The van der Waals surface area contributed by atoms with Crippen molar-refractivity contribution >= 4 is 23.3 Å². The van der Waals surface area contributed by atoms with Crippen LogP contribution in [-0.2, 0) is 10.9 Å². The zero-order valence-corrected chi connectivity index (χ0v) is 12.9. The molecule has 8 heteroatoms. The van der Waals surface area contributed by atoms with Crippen molar-refractivity contribution in [2.24, 2.45) is 4.99 Å². The number of carbonyl (C=O) groups is 1. The van der Waals surface area contributed by atoms with Crippen LogP contribution < -0.4 is 10.6 Å². The summed E-state index contributed by atoms with van der Waals surface area (Å²) in [6.07, 6.45) is -4.46. The molecule has 1 aliphatic rings. The molecule has 2 N–H and O–H groups in total. The van der Waals surface area contributed by atoms with Crippen LogP contribution >= 0.6 is 0 Å². The molecule has 5 nitrogen and oxygen atoms in total. The first-order chi connectivity index (χ1) is 11.9. The van der Waals surface area contributed by atoms with Gasteiger partial charge < -0.3 is 15.4 Å². The Morgan fingerprint density at radius 3 is 2.40 bits per heavy atom. The van der Waals surface area contributed by atoms with Gasteiger partial charge in [-0.1, -0.05) is 6.07 Å². The predicted molar refractivity (Wildman–Crippen MR) is 87.9 cm³/mol. The van der Waals surface area contributed by atoms with Crippen LogP contribution in [0.5, 0.6) is 0 Å². The lowest BCUT2D eigenvalue weighted by molar-refractivity contribution is -0.137. The molecule has 0 bridgehead atoms. The first kappa shape index (κ1) is 16.8. The molecule has 0 radical (unpaired) electrons. The smallest absolute Gasteiger partial charge is 0.416 e. The quantitative estimate of drug-likeness (QED) is 0.875. The Morgan fingerprint density at radius 2 is 1.76 bits per heavy atom. The number of carbonyl (C=O) groups excluding carboxylic acids is 1. The highest BCUT2D eigenvalue weighted by molar-refractivity contribution is 6.00. The Balaban J connectivity index is 1.63. The van der Waals surface area contributed by atoms with Crippen LogP contribution in [0.15, 0.2) is 53.5 Å². The first-order valence-electron chi connectivity index (χ1n) is 7.45. The van der Waals surface area contributed by atoms with Gasteiger partial charge in [-0.3, -0.25) is 0 Å². The van der Waals surface area contributed by atoms with E-state index in [-0.39, 0.29) is 5.69 Å². The number of urea groups is 1. The normalized spacial score (nSPS) is 13.8. The van der Waals surface area contributed by atoms with E-state index in [4.69, 9.17) is 4.74 Å². The Morgan fingerprint density at radius 1 is 1.04 bits per heavy atom. The minimum Gasteiger partial charge on any atom is -0.476 e. The summed E-state index contributed by atoms with van der Waals surface area (Å²) in [7, 11) is 0. The minimum absolute atomic E-state index is 0.0534. The zero-order chi connectivity index (χ0) is 17.9. The summed E-state index contributed by atoms with van der Waals surface area (Å²) in [5.41, 5.74) is 0.512. The number of benzene rings is 2. The second kappa shape index (κ2) is 6.84. The molecule has 130 valence electrons. The van der Waals surface area contributed by atoms with Crippen molar-refractivity contribution in [1.82, 2.24) is 0 Å². The summed E-state index contributed by atoms with van der Waals surface area (Å²) in [6.45, 7) is 1.17. The van der Waals surface area contributed by atoms with Gasteiger partial charge in [0.15, 0.2) is 0 Å². The molecule has 3 rings (SSSR count). The van der Waals surface area contributed by atoms with Crippen LogP contribution in [0.3, 0.4) is 0 Å². The molecule has 0 spiro atoms. The summed E-state index contributed by atoms with van der Waals surface area (Å²) < 4.78 is 43.3. The zero-order valence-electron chi connectivity index (χ0n) is 12.9. The average Bonchev–Trinajstić information content (AvgIpc) is 3.09. The van der Waals surface area contributed by atoms with E-state index < -0.39 is 17.8 Å². The van der Waals surface area contributed by atoms with Gasteiger partial charge in [0, 0.05) is 16.9 Å². The summed E-state index contributed by atoms with van der Waals surface area (Å²) in [6, 6.07) is 10.6. The maximum atomic E-state index is 12.7. The van der Waals surface area contributed by atoms with Gasteiger partial charge in [-0.25, -0.2) is 9.79 Å². The molecule has 2 amide bonds. The number of halogens is 3. The molecule has 0 aromatic heterocycles. The fraction of sp³-hybridized carbons (Fsp3) is 0.176. The Kier molecular flexibility index (Phi) is 4.60. The molecule has 0 aliphatic carbocycles. The molecule has 0 saturated heterocycles. The van der Waals surface area contributed by atoms with Crippen LogP contribution in [-0.4, -0.2) is 25.1 Å². The molecule has 2 aromatic carbocycles. The molecule has 0 saturated carbocycles. The number of hydrogen-bond acceptors (Lipinski definition) is 3. The maximum Gasteiger partial charge on any atom is 0.416 e. The van der Waals surface area contributed by atoms with E-state index in [2.05, 4.69) is 15.6 Å². The van der Waals surface area contributed by atoms with Gasteiger partial charge in [0.1, 0.15) is 6.61 Å². The van der Waals surface area contributed by atoms with Gasteiger partial charge in [-0.05, 0) is 42.5 Å². The Bertz CT molecular complexity index is 802. The highest BCUT2D eigenvalue weighted by atomic mass is 19.4. The fourth-order valence-corrected chi connectivity index (χ4v) is 2.27. The van der Waals surface area contributed by atoms with E-state index in [1.54, 1.807) is 24.3 Å². The van der Waals surface area contributed by atoms with Gasteiger partial charge in [0.25, 0.3) is 0 Å².